The predicted molar refractivity (Wildman–Crippen MR) is 63.1 cm³/mol. The fraction of sp³-hybridized carbons (Fsp3) is 0.364. The summed E-state index contributed by atoms with van der Waals surface area (Å²) in [5, 5.41) is 2.75. The second kappa shape index (κ2) is 5.75. The molecular weight excluding hydrogens is 258 g/mol. The molecule has 0 aliphatic carbocycles. The molecule has 0 fully saturated rings. The highest BCUT2D eigenvalue weighted by Crippen LogP contribution is 2.25. The summed E-state index contributed by atoms with van der Waals surface area (Å²) >= 11 is 3.39. The van der Waals surface area contributed by atoms with Gasteiger partial charge in [0.25, 0.3) is 0 Å². The molecule has 1 aromatic carbocycles. The zero-order valence-electron chi connectivity index (χ0n) is 8.84. The first-order valence-electron chi connectivity index (χ1n) is 4.70. The Hall–Kier alpha value is -1.03. The smallest absolute Gasteiger partial charge is 0.216 e. The predicted octanol–water partition coefficient (Wildman–Crippen LogP) is 2.14. The lowest BCUT2D eigenvalue weighted by Gasteiger charge is -2.07. The zero-order valence-corrected chi connectivity index (χ0v) is 10.4. The largest absolute Gasteiger partial charge is 0.496 e. The van der Waals surface area contributed by atoms with E-state index in [-0.39, 0.29) is 5.91 Å². The number of rotatable bonds is 4. The third-order valence-corrected chi connectivity index (χ3v) is 2.66. The summed E-state index contributed by atoms with van der Waals surface area (Å²) in [7, 11) is 1.64. The van der Waals surface area contributed by atoms with Gasteiger partial charge in [0.1, 0.15) is 5.75 Å². The molecule has 0 heterocycles. The van der Waals surface area contributed by atoms with Gasteiger partial charge in [-0.25, -0.2) is 0 Å². The van der Waals surface area contributed by atoms with E-state index in [9.17, 15) is 4.79 Å². The number of hydrogen-bond acceptors (Lipinski definition) is 2. The average Bonchev–Trinajstić information content (AvgIpc) is 2.20. The summed E-state index contributed by atoms with van der Waals surface area (Å²) in [6.07, 6.45) is 0.809. The van der Waals surface area contributed by atoms with Crippen LogP contribution in [0.2, 0.25) is 0 Å². The zero-order chi connectivity index (χ0) is 11.3. The first-order chi connectivity index (χ1) is 7.13. The fourth-order valence-corrected chi connectivity index (χ4v) is 1.65. The summed E-state index contributed by atoms with van der Waals surface area (Å²) in [5.74, 6) is 0.814. The quantitative estimate of drug-likeness (QED) is 0.911. The summed E-state index contributed by atoms with van der Waals surface area (Å²) in [6.45, 7) is 2.17. The van der Waals surface area contributed by atoms with E-state index in [2.05, 4.69) is 21.2 Å². The fourth-order valence-electron chi connectivity index (χ4n) is 1.24. The highest BCUT2D eigenvalue weighted by atomic mass is 79.9. The molecule has 1 amide bonds. The van der Waals surface area contributed by atoms with E-state index in [0.29, 0.717) is 6.54 Å². The Morgan fingerprint density at radius 1 is 1.53 bits per heavy atom. The molecule has 0 aromatic heterocycles. The molecule has 1 N–H and O–H groups in total. The monoisotopic (exact) mass is 271 g/mol. The number of methoxy groups -OCH3 is 1. The summed E-state index contributed by atoms with van der Waals surface area (Å²) in [5.41, 5.74) is 1.14. The van der Waals surface area contributed by atoms with Gasteiger partial charge in [-0.3, -0.25) is 4.79 Å². The number of amides is 1. The molecule has 0 unspecified atom stereocenters. The van der Waals surface area contributed by atoms with Crippen LogP contribution >= 0.6 is 15.9 Å². The van der Waals surface area contributed by atoms with Crippen LogP contribution in [0.1, 0.15) is 12.5 Å². The lowest BCUT2D eigenvalue weighted by Crippen LogP contribution is -2.22. The van der Waals surface area contributed by atoms with E-state index in [0.717, 1.165) is 22.2 Å². The van der Waals surface area contributed by atoms with Crippen LogP contribution in [0, 0.1) is 0 Å². The van der Waals surface area contributed by atoms with Crippen molar-refractivity contribution in [3.63, 3.8) is 0 Å². The number of carbonyl (C=O) groups excluding carboxylic acids is 1. The number of benzene rings is 1. The van der Waals surface area contributed by atoms with Gasteiger partial charge in [0, 0.05) is 13.5 Å². The average molecular weight is 272 g/mol. The number of nitrogens with one attached hydrogen (secondary N) is 1. The number of hydrogen-bond donors (Lipinski definition) is 1. The van der Waals surface area contributed by atoms with Crippen molar-refractivity contribution in [1.82, 2.24) is 5.32 Å². The van der Waals surface area contributed by atoms with E-state index < -0.39 is 0 Å². The molecule has 0 spiro atoms. The van der Waals surface area contributed by atoms with Crippen LogP contribution in [0.5, 0.6) is 5.75 Å². The maximum absolute atomic E-state index is 10.7. The Bertz CT molecular complexity index is 352. The lowest BCUT2D eigenvalue weighted by molar-refractivity contribution is -0.118. The van der Waals surface area contributed by atoms with Crippen LogP contribution in [0.4, 0.5) is 0 Å². The van der Waals surface area contributed by atoms with E-state index in [1.807, 2.05) is 18.2 Å². The Morgan fingerprint density at radius 3 is 2.87 bits per heavy atom. The SMILES string of the molecule is COc1cc(CCNC(C)=O)ccc1Br. The number of halogens is 1. The Labute approximate surface area is 97.9 Å². The minimum atomic E-state index is -0.000855. The number of carbonyl (C=O) groups is 1. The third-order valence-electron chi connectivity index (χ3n) is 2.00. The van der Waals surface area contributed by atoms with Crippen molar-refractivity contribution in [1.29, 1.82) is 0 Å². The van der Waals surface area contributed by atoms with E-state index in [4.69, 9.17) is 4.74 Å². The van der Waals surface area contributed by atoms with Crippen molar-refractivity contribution >= 4 is 21.8 Å². The van der Waals surface area contributed by atoms with Crippen LogP contribution in [0.3, 0.4) is 0 Å². The van der Waals surface area contributed by atoms with Gasteiger partial charge in [-0.05, 0) is 40.0 Å². The van der Waals surface area contributed by atoms with Crippen molar-refractivity contribution < 1.29 is 9.53 Å². The van der Waals surface area contributed by atoms with Gasteiger partial charge in [0.05, 0.1) is 11.6 Å². The van der Waals surface area contributed by atoms with Gasteiger partial charge in [0.2, 0.25) is 5.91 Å². The molecule has 4 heteroatoms. The van der Waals surface area contributed by atoms with Crippen LogP contribution < -0.4 is 10.1 Å². The van der Waals surface area contributed by atoms with E-state index >= 15 is 0 Å². The molecule has 0 aliphatic rings. The highest BCUT2D eigenvalue weighted by molar-refractivity contribution is 9.10. The van der Waals surface area contributed by atoms with Gasteiger partial charge in [-0.2, -0.15) is 0 Å². The van der Waals surface area contributed by atoms with Gasteiger partial charge in [-0.15, -0.1) is 0 Å². The van der Waals surface area contributed by atoms with E-state index in [1.54, 1.807) is 7.11 Å². The van der Waals surface area contributed by atoms with Crippen LogP contribution in [0.15, 0.2) is 22.7 Å². The topological polar surface area (TPSA) is 38.3 Å². The normalized spacial score (nSPS) is 9.80. The van der Waals surface area contributed by atoms with E-state index in [1.165, 1.54) is 6.92 Å². The molecule has 0 aliphatic heterocycles. The molecule has 3 nitrogen and oxygen atoms in total. The molecule has 82 valence electrons. The van der Waals surface area contributed by atoms with Crippen molar-refractivity contribution in [2.24, 2.45) is 0 Å². The molecule has 0 bridgehead atoms. The van der Waals surface area contributed by atoms with Crippen molar-refractivity contribution in [3.05, 3.63) is 28.2 Å². The second-order valence-electron chi connectivity index (χ2n) is 3.20. The van der Waals surface area contributed by atoms with Gasteiger partial charge in [-0.1, -0.05) is 6.07 Å². The molecule has 15 heavy (non-hydrogen) atoms. The minimum Gasteiger partial charge on any atom is -0.496 e. The third kappa shape index (κ3) is 3.91. The first kappa shape index (κ1) is 12.0. The molecule has 1 rings (SSSR count). The summed E-state index contributed by atoms with van der Waals surface area (Å²) < 4.78 is 6.12. The van der Waals surface area contributed by atoms with Gasteiger partial charge >= 0.3 is 0 Å². The van der Waals surface area contributed by atoms with Crippen molar-refractivity contribution in [2.75, 3.05) is 13.7 Å². The van der Waals surface area contributed by atoms with Gasteiger partial charge in [0.15, 0.2) is 0 Å². The molecule has 0 saturated carbocycles. The Kier molecular flexibility index (Phi) is 4.62. The maximum atomic E-state index is 10.7. The lowest BCUT2D eigenvalue weighted by atomic mass is 10.1. The van der Waals surface area contributed by atoms with Crippen LogP contribution in [0.25, 0.3) is 0 Å². The maximum Gasteiger partial charge on any atom is 0.216 e. The highest BCUT2D eigenvalue weighted by Gasteiger charge is 2.01. The summed E-state index contributed by atoms with van der Waals surface area (Å²) in [6, 6.07) is 5.92. The first-order valence-corrected chi connectivity index (χ1v) is 5.49. The van der Waals surface area contributed by atoms with Gasteiger partial charge < -0.3 is 10.1 Å². The number of ether oxygens (including phenoxy) is 1. The van der Waals surface area contributed by atoms with Crippen molar-refractivity contribution in [3.8, 4) is 5.75 Å². The molecule has 1 aromatic rings. The molecule has 0 saturated heterocycles. The summed E-state index contributed by atoms with van der Waals surface area (Å²) in [4.78, 5) is 10.7. The second-order valence-corrected chi connectivity index (χ2v) is 4.06. The minimum absolute atomic E-state index is 0.000855. The van der Waals surface area contributed by atoms with Crippen molar-refractivity contribution in [2.45, 2.75) is 13.3 Å². The molecule has 0 atom stereocenters. The molecular formula is C11H14BrNO2. The van der Waals surface area contributed by atoms with Crippen LogP contribution in [-0.2, 0) is 11.2 Å². The van der Waals surface area contributed by atoms with Crippen LogP contribution in [-0.4, -0.2) is 19.6 Å². The molecule has 0 radical (unpaired) electrons. The standard InChI is InChI=1S/C11H14BrNO2/c1-8(14)13-6-5-9-3-4-10(12)11(7-9)15-2/h3-4,7H,5-6H2,1-2H3,(H,13,14). The Morgan fingerprint density at radius 2 is 2.27 bits per heavy atom. The Balaban J connectivity index is 2.58.